The molecular weight excluding hydrogens is 248 g/mol. The van der Waals surface area contributed by atoms with Crippen LogP contribution in [0.15, 0.2) is 12.7 Å². The van der Waals surface area contributed by atoms with Crippen molar-refractivity contribution in [3.8, 4) is 0 Å². The molecule has 0 saturated heterocycles. The summed E-state index contributed by atoms with van der Waals surface area (Å²) in [4.78, 5) is 36.0. The first-order chi connectivity index (χ1) is 8.77. The zero-order chi connectivity index (χ0) is 14.6. The Morgan fingerprint density at radius 3 is 2.42 bits per heavy atom. The van der Waals surface area contributed by atoms with Crippen molar-refractivity contribution in [1.82, 2.24) is 10.2 Å². The molecule has 2 N–H and O–H groups in total. The molecule has 6 heteroatoms. The molecule has 0 aliphatic heterocycles. The van der Waals surface area contributed by atoms with E-state index >= 15 is 0 Å². The standard InChI is InChI=1S/C13H20N2O4/c1-4-7-15(9-5-6-9)12(19)14-10(16)8-13(2,3)11(17)18/h4,9H,1,5-8H2,2-3H3,(H,17,18)(H,14,16,19). The molecule has 6 nitrogen and oxygen atoms in total. The van der Waals surface area contributed by atoms with E-state index in [-0.39, 0.29) is 12.5 Å². The summed E-state index contributed by atoms with van der Waals surface area (Å²) in [6, 6.07) is -0.313. The smallest absolute Gasteiger partial charge is 0.324 e. The number of aliphatic carboxylic acids is 1. The fourth-order valence-corrected chi connectivity index (χ4v) is 1.64. The van der Waals surface area contributed by atoms with Crippen molar-refractivity contribution in [3.63, 3.8) is 0 Å². The molecule has 1 rings (SSSR count). The molecule has 1 fully saturated rings. The van der Waals surface area contributed by atoms with Crippen LogP contribution in [-0.2, 0) is 9.59 Å². The zero-order valence-corrected chi connectivity index (χ0v) is 11.3. The van der Waals surface area contributed by atoms with E-state index in [2.05, 4.69) is 11.9 Å². The Bertz CT molecular complexity index is 399. The van der Waals surface area contributed by atoms with Crippen LogP contribution in [-0.4, -0.2) is 40.5 Å². The molecule has 0 aromatic rings. The van der Waals surface area contributed by atoms with E-state index in [0.29, 0.717) is 6.54 Å². The van der Waals surface area contributed by atoms with Crippen LogP contribution in [0.3, 0.4) is 0 Å². The summed E-state index contributed by atoms with van der Waals surface area (Å²) in [6.07, 6.45) is 3.22. The number of carboxylic acid groups (broad SMARTS) is 1. The predicted octanol–water partition coefficient (Wildman–Crippen LogP) is 1.37. The zero-order valence-electron chi connectivity index (χ0n) is 11.3. The normalized spacial score (nSPS) is 14.6. The third kappa shape index (κ3) is 4.39. The Balaban J connectivity index is 2.53. The molecule has 19 heavy (non-hydrogen) atoms. The van der Waals surface area contributed by atoms with Gasteiger partial charge in [0.05, 0.1) is 5.41 Å². The molecule has 1 aliphatic rings. The van der Waals surface area contributed by atoms with Crippen molar-refractivity contribution in [3.05, 3.63) is 12.7 Å². The van der Waals surface area contributed by atoms with Crippen molar-refractivity contribution in [2.24, 2.45) is 5.41 Å². The summed E-state index contributed by atoms with van der Waals surface area (Å²) >= 11 is 0. The Labute approximate surface area is 112 Å². The van der Waals surface area contributed by atoms with Gasteiger partial charge in [-0.15, -0.1) is 6.58 Å². The summed E-state index contributed by atoms with van der Waals surface area (Å²) in [7, 11) is 0. The minimum atomic E-state index is -1.19. The number of amides is 3. The van der Waals surface area contributed by atoms with E-state index in [1.165, 1.54) is 13.8 Å². The number of nitrogens with zero attached hydrogens (tertiary/aromatic N) is 1. The topological polar surface area (TPSA) is 86.7 Å². The summed E-state index contributed by atoms with van der Waals surface area (Å²) in [5.74, 6) is -1.65. The highest BCUT2D eigenvalue weighted by Crippen LogP contribution is 2.26. The lowest BCUT2D eigenvalue weighted by molar-refractivity contribution is -0.149. The summed E-state index contributed by atoms with van der Waals surface area (Å²) in [6.45, 7) is 6.84. The largest absolute Gasteiger partial charge is 0.481 e. The van der Waals surface area contributed by atoms with Crippen molar-refractivity contribution in [2.75, 3.05) is 6.54 Å². The highest BCUT2D eigenvalue weighted by molar-refractivity contribution is 5.96. The molecule has 106 valence electrons. The monoisotopic (exact) mass is 268 g/mol. The highest BCUT2D eigenvalue weighted by atomic mass is 16.4. The lowest BCUT2D eigenvalue weighted by atomic mass is 9.89. The summed E-state index contributed by atoms with van der Waals surface area (Å²) in [5.41, 5.74) is -1.19. The van der Waals surface area contributed by atoms with Crippen LogP contribution >= 0.6 is 0 Å². The first-order valence-corrected chi connectivity index (χ1v) is 6.22. The molecule has 0 atom stereocenters. The minimum absolute atomic E-state index is 0.165. The van der Waals surface area contributed by atoms with Gasteiger partial charge in [-0.05, 0) is 26.7 Å². The average Bonchev–Trinajstić information content (AvgIpc) is 3.08. The van der Waals surface area contributed by atoms with Crippen molar-refractivity contribution in [2.45, 2.75) is 39.2 Å². The molecule has 0 unspecified atom stereocenters. The number of carbonyl (C=O) groups is 3. The molecular formula is C13H20N2O4. The van der Waals surface area contributed by atoms with Gasteiger partial charge in [-0.25, -0.2) is 4.79 Å². The first-order valence-electron chi connectivity index (χ1n) is 6.22. The highest BCUT2D eigenvalue weighted by Gasteiger charge is 2.34. The number of hydrogen-bond acceptors (Lipinski definition) is 3. The van der Waals surface area contributed by atoms with E-state index < -0.39 is 23.3 Å². The molecule has 0 spiro atoms. The first kappa shape index (κ1) is 15.2. The maximum atomic E-state index is 11.9. The number of rotatable bonds is 6. The molecule has 0 aromatic carbocycles. The second-order valence-electron chi connectivity index (χ2n) is 5.39. The van der Waals surface area contributed by atoms with Crippen LogP contribution in [0.4, 0.5) is 4.79 Å². The lowest BCUT2D eigenvalue weighted by Gasteiger charge is -2.22. The molecule has 0 radical (unpaired) electrons. The fourth-order valence-electron chi connectivity index (χ4n) is 1.64. The van der Waals surface area contributed by atoms with Gasteiger partial charge in [0.15, 0.2) is 0 Å². The summed E-state index contributed by atoms with van der Waals surface area (Å²) < 4.78 is 0. The quantitative estimate of drug-likeness (QED) is 0.712. The van der Waals surface area contributed by atoms with Gasteiger partial charge < -0.3 is 10.0 Å². The van der Waals surface area contributed by atoms with E-state index in [1.54, 1.807) is 11.0 Å². The van der Waals surface area contributed by atoms with Crippen LogP contribution in [0.1, 0.15) is 33.1 Å². The molecule has 3 amide bonds. The molecule has 1 saturated carbocycles. The van der Waals surface area contributed by atoms with Crippen molar-refractivity contribution >= 4 is 17.9 Å². The third-order valence-electron chi connectivity index (χ3n) is 3.00. The maximum absolute atomic E-state index is 11.9. The van der Waals surface area contributed by atoms with Gasteiger partial charge in [0.1, 0.15) is 0 Å². The fraction of sp³-hybridized carbons (Fsp3) is 0.615. The number of hydrogen-bond donors (Lipinski definition) is 2. The SMILES string of the molecule is C=CCN(C(=O)NC(=O)CC(C)(C)C(=O)O)C1CC1. The van der Waals surface area contributed by atoms with E-state index in [9.17, 15) is 14.4 Å². The number of carboxylic acids is 1. The van der Waals surface area contributed by atoms with Gasteiger partial charge in [0.2, 0.25) is 5.91 Å². The minimum Gasteiger partial charge on any atom is -0.481 e. The van der Waals surface area contributed by atoms with Gasteiger partial charge in [-0.1, -0.05) is 6.08 Å². The molecule has 0 heterocycles. The van der Waals surface area contributed by atoms with Gasteiger partial charge >= 0.3 is 12.0 Å². The number of carbonyl (C=O) groups excluding carboxylic acids is 2. The van der Waals surface area contributed by atoms with Crippen LogP contribution in [0.2, 0.25) is 0 Å². The predicted molar refractivity (Wildman–Crippen MR) is 69.5 cm³/mol. The van der Waals surface area contributed by atoms with Crippen LogP contribution in [0, 0.1) is 5.41 Å². The maximum Gasteiger partial charge on any atom is 0.324 e. The number of urea groups is 1. The van der Waals surface area contributed by atoms with E-state index in [0.717, 1.165) is 12.8 Å². The van der Waals surface area contributed by atoms with Gasteiger partial charge in [0.25, 0.3) is 0 Å². The van der Waals surface area contributed by atoms with Gasteiger partial charge in [-0.3, -0.25) is 14.9 Å². The van der Waals surface area contributed by atoms with E-state index in [4.69, 9.17) is 5.11 Å². The van der Waals surface area contributed by atoms with Gasteiger partial charge in [0, 0.05) is 19.0 Å². The van der Waals surface area contributed by atoms with Crippen LogP contribution < -0.4 is 5.32 Å². The Hall–Kier alpha value is -1.85. The Kier molecular flexibility index (Phi) is 4.69. The van der Waals surface area contributed by atoms with Crippen molar-refractivity contribution in [1.29, 1.82) is 0 Å². The second-order valence-corrected chi connectivity index (χ2v) is 5.39. The number of imide groups is 1. The molecule has 0 aromatic heterocycles. The Morgan fingerprint density at radius 2 is 2.00 bits per heavy atom. The van der Waals surface area contributed by atoms with Crippen LogP contribution in [0.5, 0.6) is 0 Å². The number of nitrogens with one attached hydrogen (secondary N) is 1. The van der Waals surface area contributed by atoms with E-state index in [1.807, 2.05) is 0 Å². The van der Waals surface area contributed by atoms with Gasteiger partial charge in [-0.2, -0.15) is 0 Å². The Morgan fingerprint density at radius 1 is 1.42 bits per heavy atom. The lowest BCUT2D eigenvalue weighted by Crippen LogP contribution is -2.45. The third-order valence-corrected chi connectivity index (χ3v) is 3.00. The molecule has 1 aliphatic carbocycles. The molecule has 0 bridgehead atoms. The van der Waals surface area contributed by atoms with Crippen LogP contribution in [0.25, 0.3) is 0 Å². The summed E-state index contributed by atoms with van der Waals surface area (Å²) in [5, 5.41) is 11.2. The average molecular weight is 268 g/mol. The second kappa shape index (κ2) is 5.86. The van der Waals surface area contributed by atoms with Crippen molar-refractivity contribution < 1.29 is 19.5 Å².